The van der Waals surface area contributed by atoms with Crippen LogP contribution in [0.5, 0.6) is 0 Å². The fraction of sp³-hybridized carbons (Fsp3) is 0.143. The zero-order valence-electron chi connectivity index (χ0n) is 14.4. The second-order valence-corrected chi connectivity index (χ2v) is 5.51. The van der Waals surface area contributed by atoms with Gasteiger partial charge in [0.15, 0.2) is 0 Å². The van der Waals surface area contributed by atoms with E-state index in [-0.39, 0.29) is 62.2 Å². The van der Waals surface area contributed by atoms with Crippen LogP contribution in [-0.2, 0) is 0 Å². The number of aliphatic hydroxyl groups is 1. The van der Waals surface area contributed by atoms with Gasteiger partial charge < -0.3 is 39.4 Å². The summed E-state index contributed by atoms with van der Waals surface area (Å²) in [6.07, 6.45) is 10.8. The van der Waals surface area contributed by atoms with Crippen molar-refractivity contribution in [3.8, 4) is 0 Å². The van der Waals surface area contributed by atoms with E-state index in [0.717, 1.165) is 17.6 Å². The topological polar surface area (TPSA) is 45.0 Å². The van der Waals surface area contributed by atoms with E-state index in [1.54, 1.807) is 18.2 Å². The molecule has 0 unspecified atom stereocenters. The number of aryl methyl sites for hydroxylation is 1. The van der Waals surface area contributed by atoms with Crippen LogP contribution in [0.3, 0.4) is 0 Å². The SMILES string of the molecule is Cc1ccc([C-]=Nc2[c-]c[c-]c(N=[C-]C3=CC=C(O)CC3)c2)cc1.[U+2].[U+2]. The maximum Gasteiger partial charge on any atom is 2.00 e. The van der Waals surface area contributed by atoms with Gasteiger partial charge in [0.25, 0.3) is 0 Å². The molecule has 0 radical (unpaired) electrons. The van der Waals surface area contributed by atoms with E-state index in [0.29, 0.717) is 23.6 Å². The maximum absolute atomic E-state index is 9.35. The van der Waals surface area contributed by atoms with Gasteiger partial charge in [-0.1, -0.05) is 17.9 Å². The van der Waals surface area contributed by atoms with E-state index in [9.17, 15) is 5.11 Å². The Morgan fingerprint density at radius 2 is 1.58 bits per heavy atom. The first-order valence-corrected chi connectivity index (χ1v) is 7.71. The standard InChI is InChI=1S/C21H16N2O.2U/c1-16-5-7-17(8-6-16)14-22-19-3-2-4-20(13-19)23-15-18-9-11-21(24)12-10-18;;/h2,5-9,11,13,24H,10,12H2,1H3;;/q-4;2*+2. The van der Waals surface area contributed by atoms with Gasteiger partial charge in [-0.25, -0.2) is 0 Å². The van der Waals surface area contributed by atoms with Crippen molar-refractivity contribution in [3.05, 3.63) is 83.1 Å². The number of nitrogens with zero attached hydrogens (tertiary/aromatic N) is 2. The van der Waals surface area contributed by atoms with Crippen LogP contribution in [0, 0.1) is 81.3 Å². The van der Waals surface area contributed by atoms with Crippen molar-refractivity contribution in [1.29, 1.82) is 0 Å². The summed E-state index contributed by atoms with van der Waals surface area (Å²) >= 11 is 0. The van der Waals surface area contributed by atoms with Crippen LogP contribution >= 0.6 is 0 Å². The zero-order valence-corrected chi connectivity index (χ0v) is 22.7. The van der Waals surface area contributed by atoms with Gasteiger partial charge in [-0.3, -0.25) is 11.4 Å². The van der Waals surface area contributed by atoms with Crippen molar-refractivity contribution in [2.75, 3.05) is 0 Å². The van der Waals surface area contributed by atoms with E-state index in [2.05, 4.69) is 34.5 Å². The third-order valence-corrected chi connectivity index (χ3v) is 3.52. The van der Waals surface area contributed by atoms with Crippen LogP contribution in [0.15, 0.2) is 69.9 Å². The average molecular weight is 788 g/mol. The number of hydrogen-bond acceptors (Lipinski definition) is 3. The second kappa shape index (κ2) is 11.8. The number of aliphatic imine (C=N–C) groups is 2. The molecule has 1 N–H and O–H groups in total. The molecule has 3 nitrogen and oxygen atoms in total. The maximum atomic E-state index is 9.35. The van der Waals surface area contributed by atoms with Crippen LogP contribution in [0.25, 0.3) is 0 Å². The van der Waals surface area contributed by atoms with Gasteiger partial charge in [-0.05, 0) is 19.6 Å². The smallest absolute Gasteiger partial charge is 0.513 e. The molecule has 3 rings (SSSR count). The number of benzene rings is 2. The van der Waals surface area contributed by atoms with Crippen molar-refractivity contribution < 1.29 is 67.3 Å². The van der Waals surface area contributed by atoms with Gasteiger partial charge >= 0.3 is 62.2 Å². The molecule has 2 aromatic carbocycles. The predicted octanol–water partition coefficient (Wildman–Crippen LogP) is 4.96. The Morgan fingerprint density at radius 3 is 2.19 bits per heavy atom. The summed E-state index contributed by atoms with van der Waals surface area (Å²) in [6, 6.07) is 17.4. The van der Waals surface area contributed by atoms with Crippen molar-refractivity contribution in [3.63, 3.8) is 0 Å². The van der Waals surface area contributed by atoms with Crippen molar-refractivity contribution in [2.45, 2.75) is 19.8 Å². The minimum absolute atomic E-state index is 0. The quantitative estimate of drug-likeness (QED) is 0.346. The molecule has 0 saturated heterocycles. The molecule has 0 atom stereocenters. The Balaban J connectivity index is 0.00000169. The largest absolute Gasteiger partial charge is 2.00 e. The molecule has 2 aromatic rings. The number of allylic oxidation sites excluding steroid dienone is 4. The molecule has 124 valence electrons. The first-order valence-electron chi connectivity index (χ1n) is 7.71. The number of aliphatic hydroxyl groups excluding tert-OH is 1. The van der Waals surface area contributed by atoms with Crippen molar-refractivity contribution in [2.24, 2.45) is 9.98 Å². The van der Waals surface area contributed by atoms with Gasteiger partial charge in [-0.15, -0.1) is 35.4 Å². The molecule has 5 heteroatoms. The zero-order chi connectivity index (χ0) is 16.8. The summed E-state index contributed by atoms with van der Waals surface area (Å²) in [7, 11) is 0. The Hall–Kier alpha value is -0.836. The van der Waals surface area contributed by atoms with Gasteiger partial charge in [0, 0.05) is 6.42 Å². The molecule has 0 aromatic heterocycles. The first kappa shape index (κ1) is 23.2. The summed E-state index contributed by atoms with van der Waals surface area (Å²) in [5, 5.41) is 9.35. The molecule has 0 saturated carbocycles. The molecular weight excluding hydrogens is 772 g/mol. The Morgan fingerprint density at radius 1 is 0.923 bits per heavy atom. The van der Waals surface area contributed by atoms with E-state index in [1.807, 2.05) is 37.3 Å². The van der Waals surface area contributed by atoms with Crippen LogP contribution in [0.2, 0.25) is 0 Å². The van der Waals surface area contributed by atoms with Crippen molar-refractivity contribution >= 4 is 23.8 Å². The fourth-order valence-electron chi connectivity index (χ4n) is 2.13. The van der Waals surface area contributed by atoms with Gasteiger partial charge in [0.2, 0.25) is 0 Å². The monoisotopic (exact) mass is 788 g/mol. The summed E-state index contributed by atoms with van der Waals surface area (Å²) < 4.78 is 0. The van der Waals surface area contributed by atoms with Gasteiger partial charge in [-0.2, -0.15) is 6.08 Å². The molecule has 0 spiro atoms. The third-order valence-electron chi connectivity index (χ3n) is 3.52. The summed E-state index contributed by atoms with van der Waals surface area (Å²) in [5.74, 6) is 0.393. The second-order valence-electron chi connectivity index (χ2n) is 5.51. The molecule has 1 aliphatic carbocycles. The summed E-state index contributed by atoms with van der Waals surface area (Å²) in [4.78, 5) is 8.59. The molecule has 26 heavy (non-hydrogen) atoms. The molecular formula is C21H16N2OU2. The molecule has 1 aliphatic rings. The van der Waals surface area contributed by atoms with Crippen LogP contribution in [0.4, 0.5) is 11.4 Å². The van der Waals surface area contributed by atoms with E-state index in [4.69, 9.17) is 0 Å². The Kier molecular flexibility index (Phi) is 10.5. The normalized spacial score (nSPS) is 13.7. The molecule has 0 fully saturated rings. The molecule has 0 amide bonds. The molecule has 0 aliphatic heterocycles. The van der Waals surface area contributed by atoms with Crippen LogP contribution in [0.1, 0.15) is 24.0 Å². The average Bonchev–Trinajstić information content (AvgIpc) is 2.61. The predicted molar refractivity (Wildman–Crippen MR) is 96.6 cm³/mol. The first-order chi connectivity index (χ1) is 11.7. The number of rotatable bonds is 4. The Labute approximate surface area is 202 Å². The third kappa shape index (κ3) is 7.42. The molecule has 0 heterocycles. The Bertz CT molecular complexity index is 837. The summed E-state index contributed by atoms with van der Waals surface area (Å²) in [6.45, 7) is 2.04. The van der Waals surface area contributed by atoms with Gasteiger partial charge in [0.1, 0.15) is 0 Å². The van der Waals surface area contributed by atoms with Crippen LogP contribution < -0.4 is 0 Å². The van der Waals surface area contributed by atoms with E-state index < -0.39 is 0 Å². The van der Waals surface area contributed by atoms with Crippen LogP contribution in [-0.4, -0.2) is 17.5 Å². The number of hydrogen-bond donors (Lipinski definition) is 1. The van der Waals surface area contributed by atoms with E-state index >= 15 is 0 Å². The minimum Gasteiger partial charge on any atom is -0.513 e. The van der Waals surface area contributed by atoms with Crippen molar-refractivity contribution in [1.82, 2.24) is 0 Å². The van der Waals surface area contributed by atoms with Gasteiger partial charge in [0.05, 0.1) is 5.76 Å². The molecule has 0 bridgehead atoms. The minimum atomic E-state index is 0. The fourth-order valence-corrected chi connectivity index (χ4v) is 2.13. The van der Waals surface area contributed by atoms with E-state index in [1.165, 1.54) is 5.56 Å². The summed E-state index contributed by atoms with van der Waals surface area (Å²) in [5.41, 5.74) is 4.35.